The van der Waals surface area contributed by atoms with Gasteiger partial charge in [0.2, 0.25) is 0 Å². The molecule has 22 heavy (non-hydrogen) atoms. The summed E-state index contributed by atoms with van der Waals surface area (Å²) in [5.41, 5.74) is 1.31. The SMILES string of the molecule is C[C@@H](Cc1cnccn1)NC(=O)c1csc(-c2cccs2)n1. The highest BCUT2D eigenvalue weighted by molar-refractivity contribution is 7.20. The van der Waals surface area contributed by atoms with E-state index in [4.69, 9.17) is 0 Å². The molecule has 0 unspecified atom stereocenters. The molecule has 0 bridgehead atoms. The van der Waals surface area contributed by atoms with Crippen LogP contribution in [-0.4, -0.2) is 26.9 Å². The number of carbonyl (C=O) groups is 1. The quantitative estimate of drug-likeness (QED) is 0.781. The van der Waals surface area contributed by atoms with Gasteiger partial charge in [0.05, 0.1) is 10.6 Å². The average molecular weight is 330 g/mol. The van der Waals surface area contributed by atoms with Crippen molar-refractivity contribution in [2.24, 2.45) is 0 Å². The standard InChI is InChI=1S/C15H14N4OS2/c1-10(7-11-8-16-4-5-17-11)18-14(20)12-9-22-15(19-12)13-3-2-6-21-13/h2-6,8-10H,7H2,1H3,(H,18,20)/t10-/m0/s1. The molecule has 112 valence electrons. The molecule has 3 aromatic heterocycles. The third-order valence-corrected chi connectivity index (χ3v) is 4.86. The molecule has 3 aromatic rings. The van der Waals surface area contributed by atoms with Crippen LogP contribution in [0.2, 0.25) is 0 Å². The molecule has 0 aliphatic carbocycles. The molecule has 0 spiro atoms. The first-order valence-electron chi connectivity index (χ1n) is 6.77. The number of rotatable bonds is 5. The summed E-state index contributed by atoms with van der Waals surface area (Å²) in [4.78, 5) is 25.9. The zero-order valence-corrected chi connectivity index (χ0v) is 13.5. The Balaban J connectivity index is 1.62. The summed E-state index contributed by atoms with van der Waals surface area (Å²) in [6, 6.07) is 3.95. The fraction of sp³-hybridized carbons (Fsp3) is 0.200. The minimum absolute atomic E-state index is 0.0314. The third-order valence-electron chi connectivity index (χ3n) is 2.98. The van der Waals surface area contributed by atoms with Crippen molar-refractivity contribution in [1.82, 2.24) is 20.3 Å². The summed E-state index contributed by atoms with van der Waals surface area (Å²) >= 11 is 3.10. The number of thiophene rings is 1. The second-order valence-corrected chi connectivity index (χ2v) is 6.60. The predicted molar refractivity (Wildman–Crippen MR) is 88.1 cm³/mol. The van der Waals surface area contributed by atoms with Gasteiger partial charge in [-0.15, -0.1) is 22.7 Å². The van der Waals surface area contributed by atoms with E-state index in [1.165, 1.54) is 11.3 Å². The Kier molecular flexibility index (Phi) is 4.55. The topological polar surface area (TPSA) is 67.8 Å². The summed E-state index contributed by atoms with van der Waals surface area (Å²) in [5, 5.41) is 7.61. The van der Waals surface area contributed by atoms with Gasteiger partial charge in [0.25, 0.3) is 5.91 Å². The van der Waals surface area contributed by atoms with E-state index < -0.39 is 0 Å². The van der Waals surface area contributed by atoms with E-state index in [2.05, 4.69) is 20.3 Å². The second kappa shape index (κ2) is 6.76. The van der Waals surface area contributed by atoms with Gasteiger partial charge in [0.1, 0.15) is 10.7 Å². The van der Waals surface area contributed by atoms with E-state index in [0.717, 1.165) is 15.6 Å². The summed E-state index contributed by atoms with van der Waals surface area (Å²) in [7, 11) is 0. The Hall–Kier alpha value is -2.12. The van der Waals surface area contributed by atoms with E-state index >= 15 is 0 Å². The minimum atomic E-state index is -0.157. The van der Waals surface area contributed by atoms with Gasteiger partial charge in [-0.05, 0) is 18.4 Å². The number of aromatic nitrogens is 3. The van der Waals surface area contributed by atoms with Gasteiger partial charge in [-0.2, -0.15) is 0 Å². The van der Waals surface area contributed by atoms with Gasteiger partial charge in [-0.1, -0.05) is 6.07 Å². The monoisotopic (exact) mass is 330 g/mol. The zero-order chi connectivity index (χ0) is 15.4. The number of hydrogen-bond acceptors (Lipinski definition) is 6. The summed E-state index contributed by atoms with van der Waals surface area (Å²) in [6.07, 6.45) is 5.63. The highest BCUT2D eigenvalue weighted by Gasteiger charge is 2.15. The van der Waals surface area contributed by atoms with E-state index in [1.54, 1.807) is 35.3 Å². The highest BCUT2D eigenvalue weighted by atomic mass is 32.1. The van der Waals surface area contributed by atoms with Crippen LogP contribution in [0.3, 0.4) is 0 Å². The average Bonchev–Trinajstić information content (AvgIpc) is 3.19. The first-order chi connectivity index (χ1) is 10.7. The fourth-order valence-corrected chi connectivity index (χ4v) is 3.60. The van der Waals surface area contributed by atoms with Crippen molar-refractivity contribution in [3.63, 3.8) is 0 Å². The Morgan fingerprint density at radius 1 is 1.36 bits per heavy atom. The van der Waals surface area contributed by atoms with Gasteiger partial charge in [0, 0.05) is 36.4 Å². The lowest BCUT2D eigenvalue weighted by molar-refractivity contribution is 0.0935. The molecule has 0 aromatic carbocycles. The van der Waals surface area contributed by atoms with Crippen LogP contribution in [0.15, 0.2) is 41.5 Å². The fourth-order valence-electron chi connectivity index (χ4n) is 1.99. The molecule has 3 rings (SSSR count). The number of amides is 1. The van der Waals surface area contributed by atoms with Crippen molar-refractivity contribution < 1.29 is 4.79 Å². The molecule has 0 aliphatic rings. The number of nitrogens with zero attached hydrogens (tertiary/aromatic N) is 3. The molecule has 0 saturated carbocycles. The smallest absolute Gasteiger partial charge is 0.270 e. The molecular formula is C15H14N4OS2. The first-order valence-corrected chi connectivity index (χ1v) is 8.53. The molecule has 1 atom stereocenters. The van der Waals surface area contributed by atoms with E-state index in [1.807, 2.05) is 24.4 Å². The van der Waals surface area contributed by atoms with Crippen LogP contribution in [-0.2, 0) is 6.42 Å². The van der Waals surface area contributed by atoms with E-state index in [-0.39, 0.29) is 11.9 Å². The Morgan fingerprint density at radius 2 is 2.27 bits per heavy atom. The lowest BCUT2D eigenvalue weighted by atomic mass is 10.2. The van der Waals surface area contributed by atoms with Gasteiger partial charge in [0.15, 0.2) is 0 Å². The molecule has 1 N–H and O–H groups in total. The molecule has 7 heteroatoms. The number of thiazole rings is 1. The normalized spacial score (nSPS) is 12.0. The van der Waals surface area contributed by atoms with Crippen LogP contribution < -0.4 is 5.32 Å². The van der Waals surface area contributed by atoms with Crippen LogP contribution in [0.25, 0.3) is 9.88 Å². The van der Waals surface area contributed by atoms with E-state index in [9.17, 15) is 4.79 Å². The van der Waals surface area contributed by atoms with Gasteiger partial charge in [-0.3, -0.25) is 14.8 Å². The van der Waals surface area contributed by atoms with Crippen LogP contribution in [0, 0.1) is 0 Å². The van der Waals surface area contributed by atoms with Crippen molar-refractivity contribution in [3.8, 4) is 9.88 Å². The first kappa shape index (κ1) is 14.8. The van der Waals surface area contributed by atoms with Crippen LogP contribution >= 0.6 is 22.7 Å². The van der Waals surface area contributed by atoms with Gasteiger partial charge >= 0.3 is 0 Å². The lowest BCUT2D eigenvalue weighted by Crippen LogP contribution is -2.34. The van der Waals surface area contributed by atoms with E-state index in [0.29, 0.717) is 12.1 Å². The van der Waals surface area contributed by atoms with Crippen molar-refractivity contribution in [2.75, 3.05) is 0 Å². The molecule has 0 radical (unpaired) electrons. The molecule has 5 nitrogen and oxygen atoms in total. The maximum absolute atomic E-state index is 12.2. The second-order valence-electron chi connectivity index (χ2n) is 4.79. The largest absolute Gasteiger partial charge is 0.348 e. The number of nitrogens with one attached hydrogen (secondary N) is 1. The summed E-state index contributed by atoms with van der Waals surface area (Å²) in [5.74, 6) is -0.157. The maximum atomic E-state index is 12.2. The minimum Gasteiger partial charge on any atom is -0.348 e. The molecule has 1 amide bonds. The summed E-state index contributed by atoms with van der Waals surface area (Å²) in [6.45, 7) is 1.94. The van der Waals surface area contributed by atoms with Crippen LogP contribution in [0.4, 0.5) is 0 Å². The Morgan fingerprint density at radius 3 is 3.00 bits per heavy atom. The lowest BCUT2D eigenvalue weighted by Gasteiger charge is -2.12. The zero-order valence-electron chi connectivity index (χ0n) is 11.9. The molecule has 0 fully saturated rings. The molecular weight excluding hydrogens is 316 g/mol. The molecule has 0 saturated heterocycles. The van der Waals surface area contributed by atoms with Crippen LogP contribution in [0.1, 0.15) is 23.1 Å². The van der Waals surface area contributed by atoms with Crippen molar-refractivity contribution in [1.29, 1.82) is 0 Å². The third kappa shape index (κ3) is 3.55. The van der Waals surface area contributed by atoms with Gasteiger partial charge < -0.3 is 5.32 Å². The highest BCUT2D eigenvalue weighted by Crippen LogP contribution is 2.27. The van der Waals surface area contributed by atoms with Gasteiger partial charge in [-0.25, -0.2) is 4.98 Å². The number of hydrogen-bond donors (Lipinski definition) is 1. The van der Waals surface area contributed by atoms with Crippen molar-refractivity contribution in [2.45, 2.75) is 19.4 Å². The molecule has 0 aliphatic heterocycles. The van der Waals surface area contributed by atoms with Crippen molar-refractivity contribution >= 4 is 28.6 Å². The summed E-state index contributed by atoms with van der Waals surface area (Å²) < 4.78 is 0. The number of carbonyl (C=O) groups excluding carboxylic acids is 1. The van der Waals surface area contributed by atoms with Crippen LogP contribution in [0.5, 0.6) is 0 Å². The molecule has 3 heterocycles. The Bertz CT molecular complexity index is 740. The Labute approximate surface area is 136 Å². The maximum Gasteiger partial charge on any atom is 0.270 e. The van der Waals surface area contributed by atoms with Crippen molar-refractivity contribution in [3.05, 3.63) is 52.9 Å². The predicted octanol–water partition coefficient (Wildman–Crippen LogP) is 3.02.